The van der Waals surface area contributed by atoms with Crippen molar-refractivity contribution in [1.82, 2.24) is 0 Å². The lowest BCUT2D eigenvalue weighted by atomic mass is 9.92. The molecule has 1 aliphatic rings. The Bertz CT molecular complexity index is 614. The van der Waals surface area contributed by atoms with Gasteiger partial charge in [-0.2, -0.15) is 0 Å². The highest BCUT2D eigenvalue weighted by Gasteiger charge is 2.66. The normalized spacial score (nSPS) is 22.7. The minimum atomic E-state index is -1.17. The summed E-state index contributed by atoms with van der Waals surface area (Å²) in [7, 11) is 0. The second kappa shape index (κ2) is 6.13. The third kappa shape index (κ3) is 2.66. The molecule has 2 unspecified atom stereocenters. The van der Waals surface area contributed by atoms with Crippen molar-refractivity contribution in [1.29, 1.82) is 0 Å². The van der Waals surface area contributed by atoms with Crippen LogP contribution in [0.3, 0.4) is 0 Å². The van der Waals surface area contributed by atoms with Crippen molar-refractivity contribution in [2.75, 3.05) is 13.2 Å². The van der Waals surface area contributed by atoms with Crippen molar-refractivity contribution in [3.63, 3.8) is 0 Å². The molecule has 0 spiro atoms. The van der Waals surface area contributed by atoms with E-state index in [4.69, 9.17) is 9.47 Å². The molecule has 0 heterocycles. The maximum absolute atomic E-state index is 12.3. The van der Waals surface area contributed by atoms with Gasteiger partial charge in [-0.15, -0.1) is 0 Å². The van der Waals surface area contributed by atoms with E-state index < -0.39 is 28.2 Å². The molecule has 0 amide bonds. The average molecular weight is 307 g/mol. The minimum Gasteiger partial charge on any atom is -0.466 e. The molecule has 7 nitrogen and oxygen atoms in total. The summed E-state index contributed by atoms with van der Waals surface area (Å²) in [5, 5.41) is 10.9. The maximum atomic E-state index is 12.3. The lowest BCUT2D eigenvalue weighted by molar-refractivity contribution is -0.384. The van der Waals surface area contributed by atoms with Crippen LogP contribution in [0.15, 0.2) is 24.3 Å². The van der Waals surface area contributed by atoms with E-state index >= 15 is 0 Å². The number of carbonyl (C=O) groups excluding carboxylic acids is 2. The van der Waals surface area contributed by atoms with Crippen molar-refractivity contribution in [3.8, 4) is 0 Å². The molecule has 0 N–H and O–H groups in total. The molecule has 0 aliphatic heterocycles. The van der Waals surface area contributed by atoms with Gasteiger partial charge in [0.25, 0.3) is 5.69 Å². The van der Waals surface area contributed by atoms with E-state index in [2.05, 4.69) is 0 Å². The van der Waals surface area contributed by atoms with Gasteiger partial charge in [0.05, 0.1) is 24.1 Å². The number of ether oxygens (including phenoxy) is 2. The van der Waals surface area contributed by atoms with Crippen molar-refractivity contribution < 1.29 is 24.0 Å². The lowest BCUT2D eigenvalue weighted by Gasteiger charge is -2.16. The first-order valence-electron chi connectivity index (χ1n) is 7.06. The SMILES string of the molecule is CCOC(=O)C1CC1(C(=O)OCC)c1cccc([N+](=O)[O-])c1. The van der Waals surface area contributed by atoms with Crippen LogP contribution in [0.25, 0.3) is 0 Å². The van der Waals surface area contributed by atoms with Crippen LogP contribution in [-0.2, 0) is 24.5 Å². The van der Waals surface area contributed by atoms with Crippen molar-refractivity contribution in [2.24, 2.45) is 5.92 Å². The van der Waals surface area contributed by atoms with E-state index in [1.807, 2.05) is 0 Å². The second-order valence-corrected chi connectivity index (χ2v) is 5.01. The number of carbonyl (C=O) groups is 2. The molecule has 0 radical (unpaired) electrons. The largest absolute Gasteiger partial charge is 0.466 e. The number of nitrogens with zero attached hydrogens (tertiary/aromatic N) is 1. The van der Waals surface area contributed by atoms with Crippen molar-refractivity contribution in [2.45, 2.75) is 25.7 Å². The van der Waals surface area contributed by atoms with E-state index in [0.29, 0.717) is 5.56 Å². The van der Waals surface area contributed by atoms with Gasteiger partial charge in [-0.25, -0.2) is 0 Å². The summed E-state index contributed by atoms with van der Waals surface area (Å²) in [5.74, 6) is -1.69. The molecule has 1 fully saturated rings. The van der Waals surface area contributed by atoms with Gasteiger partial charge in [-0.1, -0.05) is 12.1 Å². The van der Waals surface area contributed by atoms with Crippen LogP contribution < -0.4 is 0 Å². The van der Waals surface area contributed by atoms with Gasteiger partial charge >= 0.3 is 11.9 Å². The van der Waals surface area contributed by atoms with Gasteiger partial charge in [0.1, 0.15) is 5.41 Å². The third-order valence-corrected chi connectivity index (χ3v) is 3.74. The Kier molecular flexibility index (Phi) is 4.44. The second-order valence-electron chi connectivity index (χ2n) is 5.01. The maximum Gasteiger partial charge on any atom is 0.317 e. The van der Waals surface area contributed by atoms with Gasteiger partial charge in [0.2, 0.25) is 0 Å². The van der Waals surface area contributed by atoms with Crippen LogP contribution in [0.4, 0.5) is 5.69 Å². The molecule has 1 aromatic rings. The zero-order valence-electron chi connectivity index (χ0n) is 12.4. The number of esters is 2. The third-order valence-electron chi connectivity index (χ3n) is 3.74. The molecule has 1 saturated carbocycles. The van der Waals surface area contributed by atoms with Gasteiger partial charge < -0.3 is 9.47 Å². The Balaban J connectivity index is 2.39. The number of rotatable bonds is 6. The molecule has 2 rings (SSSR count). The van der Waals surface area contributed by atoms with E-state index in [1.54, 1.807) is 19.9 Å². The first-order chi connectivity index (χ1) is 10.5. The van der Waals surface area contributed by atoms with Crippen LogP contribution in [0.1, 0.15) is 25.8 Å². The molecule has 118 valence electrons. The van der Waals surface area contributed by atoms with Crippen LogP contribution in [-0.4, -0.2) is 30.1 Å². The number of hydrogen-bond acceptors (Lipinski definition) is 6. The molecule has 7 heteroatoms. The summed E-state index contributed by atoms with van der Waals surface area (Å²) in [6.45, 7) is 3.73. The topological polar surface area (TPSA) is 95.7 Å². The predicted molar refractivity (Wildman–Crippen MR) is 76.1 cm³/mol. The summed E-state index contributed by atoms with van der Waals surface area (Å²) >= 11 is 0. The molecule has 0 bridgehead atoms. The van der Waals surface area contributed by atoms with Gasteiger partial charge in [0.15, 0.2) is 0 Å². The molecule has 1 aliphatic carbocycles. The first kappa shape index (κ1) is 15.9. The summed E-state index contributed by atoms with van der Waals surface area (Å²) in [4.78, 5) is 34.7. The quantitative estimate of drug-likeness (QED) is 0.453. The Morgan fingerprint density at radius 1 is 1.32 bits per heavy atom. The first-order valence-corrected chi connectivity index (χ1v) is 7.06. The Labute approximate surface area is 127 Å². The van der Waals surface area contributed by atoms with Crippen molar-refractivity contribution >= 4 is 17.6 Å². The molecule has 0 aromatic heterocycles. The number of hydrogen-bond donors (Lipinski definition) is 0. The molecular weight excluding hydrogens is 290 g/mol. The molecular formula is C15H17NO6. The summed E-state index contributed by atoms with van der Waals surface area (Å²) in [6.07, 6.45) is 0.242. The zero-order chi connectivity index (χ0) is 16.3. The Morgan fingerprint density at radius 3 is 2.59 bits per heavy atom. The average Bonchev–Trinajstić information content (AvgIpc) is 3.25. The standard InChI is InChI=1S/C15H17NO6/c1-3-21-13(17)12-9-15(12,14(18)22-4-2)10-6-5-7-11(8-10)16(19)20/h5-8,12H,3-4,9H2,1-2H3. The highest BCUT2D eigenvalue weighted by atomic mass is 16.6. The van der Waals surface area contributed by atoms with E-state index in [1.165, 1.54) is 18.2 Å². The van der Waals surface area contributed by atoms with Gasteiger partial charge in [0, 0.05) is 12.1 Å². The highest BCUT2D eigenvalue weighted by Crippen LogP contribution is 2.56. The zero-order valence-corrected chi connectivity index (χ0v) is 12.4. The van der Waals surface area contributed by atoms with Crippen LogP contribution >= 0.6 is 0 Å². The number of nitro benzene ring substituents is 1. The van der Waals surface area contributed by atoms with Crippen LogP contribution in [0.5, 0.6) is 0 Å². The molecule has 2 atom stereocenters. The molecule has 22 heavy (non-hydrogen) atoms. The number of non-ortho nitro benzene ring substituents is 1. The molecule has 1 aromatic carbocycles. The summed E-state index contributed by atoms with van der Waals surface area (Å²) < 4.78 is 10.0. The van der Waals surface area contributed by atoms with Crippen molar-refractivity contribution in [3.05, 3.63) is 39.9 Å². The van der Waals surface area contributed by atoms with Crippen LogP contribution in [0.2, 0.25) is 0 Å². The van der Waals surface area contributed by atoms with Crippen LogP contribution in [0, 0.1) is 16.0 Å². The monoisotopic (exact) mass is 307 g/mol. The Hall–Kier alpha value is -2.44. The summed E-state index contributed by atoms with van der Waals surface area (Å²) in [6, 6.07) is 5.75. The van der Waals surface area contributed by atoms with Gasteiger partial charge in [-0.05, 0) is 25.8 Å². The number of benzene rings is 1. The van der Waals surface area contributed by atoms with E-state index in [0.717, 1.165) is 0 Å². The lowest BCUT2D eigenvalue weighted by Crippen LogP contribution is -2.28. The minimum absolute atomic E-state index is 0.129. The fraction of sp³-hybridized carbons (Fsp3) is 0.467. The highest BCUT2D eigenvalue weighted by molar-refractivity contribution is 5.96. The Morgan fingerprint density at radius 2 is 2.00 bits per heavy atom. The van der Waals surface area contributed by atoms with E-state index in [9.17, 15) is 19.7 Å². The smallest absolute Gasteiger partial charge is 0.317 e. The fourth-order valence-electron chi connectivity index (χ4n) is 2.61. The number of nitro groups is 1. The summed E-state index contributed by atoms with van der Waals surface area (Å²) in [5.41, 5.74) is -0.886. The van der Waals surface area contributed by atoms with Gasteiger partial charge in [-0.3, -0.25) is 19.7 Å². The van der Waals surface area contributed by atoms with E-state index in [-0.39, 0.29) is 25.3 Å². The predicted octanol–water partition coefficient (Wildman–Crippen LogP) is 1.98. The fourth-order valence-corrected chi connectivity index (χ4v) is 2.61. The molecule has 0 saturated heterocycles.